The maximum absolute atomic E-state index is 5.92. The van der Waals surface area contributed by atoms with Crippen LogP contribution >= 0.6 is 0 Å². The zero-order valence-corrected chi connectivity index (χ0v) is 11.5. The fourth-order valence-electron chi connectivity index (χ4n) is 2.46. The molecule has 0 radical (unpaired) electrons. The predicted octanol–water partition coefficient (Wildman–Crippen LogP) is 2.11. The van der Waals surface area contributed by atoms with Crippen LogP contribution in [0.3, 0.4) is 0 Å². The molecule has 4 nitrogen and oxygen atoms in total. The Bertz CT molecular complexity index is 408. The number of rotatable bonds is 3. The highest BCUT2D eigenvalue weighted by molar-refractivity contribution is 5.42. The van der Waals surface area contributed by atoms with Crippen LogP contribution in [0.5, 0.6) is 0 Å². The number of hydrogen-bond donors (Lipinski definition) is 1. The van der Waals surface area contributed by atoms with Crippen LogP contribution in [0.25, 0.3) is 0 Å². The van der Waals surface area contributed by atoms with Crippen LogP contribution in [0, 0.1) is 0 Å². The summed E-state index contributed by atoms with van der Waals surface area (Å²) >= 11 is 0. The van der Waals surface area contributed by atoms with Crippen molar-refractivity contribution in [3.63, 3.8) is 0 Å². The maximum Gasteiger partial charge on any atom is 0.128 e. The number of nitrogens with zero attached hydrogens (tertiary/aromatic N) is 2. The van der Waals surface area contributed by atoms with Crippen molar-refractivity contribution < 1.29 is 4.74 Å². The van der Waals surface area contributed by atoms with E-state index < -0.39 is 0 Å². The molecule has 0 aromatic carbocycles. The third-order valence-corrected chi connectivity index (χ3v) is 3.77. The first-order valence-electron chi connectivity index (χ1n) is 6.56. The number of methoxy groups -OCH3 is 1. The summed E-state index contributed by atoms with van der Waals surface area (Å²) in [5, 5.41) is 0. The first-order chi connectivity index (χ1) is 8.54. The van der Waals surface area contributed by atoms with E-state index in [-0.39, 0.29) is 11.6 Å². The van der Waals surface area contributed by atoms with Crippen LogP contribution in [0.4, 0.5) is 5.82 Å². The van der Waals surface area contributed by atoms with E-state index in [0.29, 0.717) is 0 Å². The first-order valence-corrected chi connectivity index (χ1v) is 6.56. The predicted molar refractivity (Wildman–Crippen MR) is 73.7 cm³/mol. The molecular formula is C14H23N3O. The molecule has 1 fully saturated rings. The van der Waals surface area contributed by atoms with Crippen LogP contribution in [-0.2, 0) is 4.74 Å². The molecule has 0 bridgehead atoms. The van der Waals surface area contributed by atoms with E-state index in [2.05, 4.69) is 22.9 Å². The first kappa shape index (κ1) is 13.3. The zero-order chi connectivity index (χ0) is 13.2. The zero-order valence-electron chi connectivity index (χ0n) is 11.5. The third-order valence-electron chi connectivity index (χ3n) is 3.77. The molecule has 0 saturated carbocycles. The van der Waals surface area contributed by atoms with Gasteiger partial charge in [-0.15, -0.1) is 0 Å². The average molecular weight is 249 g/mol. The van der Waals surface area contributed by atoms with Gasteiger partial charge >= 0.3 is 0 Å². The lowest BCUT2D eigenvalue weighted by Crippen LogP contribution is -2.47. The SMILES string of the molecule is COC1(C)CCCN(c2cc([C@H](C)N)ccn2)C1. The van der Waals surface area contributed by atoms with Crippen molar-refractivity contribution in [1.29, 1.82) is 0 Å². The van der Waals surface area contributed by atoms with Gasteiger partial charge < -0.3 is 15.4 Å². The van der Waals surface area contributed by atoms with E-state index in [0.717, 1.165) is 37.3 Å². The summed E-state index contributed by atoms with van der Waals surface area (Å²) in [6.07, 6.45) is 4.08. The summed E-state index contributed by atoms with van der Waals surface area (Å²) in [7, 11) is 1.79. The molecule has 1 unspecified atom stereocenters. The molecule has 1 saturated heterocycles. The smallest absolute Gasteiger partial charge is 0.128 e. The van der Waals surface area contributed by atoms with E-state index in [1.54, 1.807) is 7.11 Å². The van der Waals surface area contributed by atoms with Crippen molar-refractivity contribution in [1.82, 2.24) is 4.98 Å². The van der Waals surface area contributed by atoms with E-state index in [1.807, 2.05) is 19.2 Å². The van der Waals surface area contributed by atoms with Gasteiger partial charge in [0.2, 0.25) is 0 Å². The number of nitrogens with two attached hydrogens (primary N) is 1. The second-order valence-electron chi connectivity index (χ2n) is 5.42. The van der Waals surface area contributed by atoms with Crippen molar-refractivity contribution in [2.24, 2.45) is 5.73 Å². The van der Waals surface area contributed by atoms with Gasteiger partial charge in [0.25, 0.3) is 0 Å². The van der Waals surface area contributed by atoms with Crippen LogP contribution < -0.4 is 10.6 Å². The number of aromatic nitrogens is 1. The molecule has 2 heterocycles. The minimum atomic E-state index is -0.0652. The lowest BCUT2D eigenvalue weighted by Gasteiger charge is -2.40. The summed E-state index contributed by atoms with van der Waals surface area (Å²) < 4.78 is 5.61. The molecular weight excluding hydrogens is 226 g/mol. The summed E-state index contributed by atoms with van der Waals surface area (Å²) in [6.45, 7) is 6.08. The normalized spacial score (nSPS) is 26.1. The molecule has 2 rings (SSSR count). The molecule has 1 aliphatic rings. The Kier molecular flexibility index (Phi) is 3.88. The van der Waals surface area contributed by atoms with Crippen LogP contribution in [0.2, 0.25) is 0 Å². The molecule has 1 aliphatic heterocycles. The van der Waals surface area contributed by atoms with Crippen molar-refractivity contribution >= 4 is 5.82 Å². The Hall–Kier alpha value is -1.13. The summed E-state index contributed by atoms with van der Waals surface area (Å²) in [4.78, 5) is 6.75. The van der Waals surface area contributed by atoms with Gasteiger partial charge in [0.15, 0.2) is 0 Å². The van der Waals surface area contributed by atoms with Crippen molar-refractivity contribution in [3.05, 3.63) is 23.9 Å². The monoisotopic (exact) mass is 249 g/mol. The summed E-state index contributed by atoms with van der Waals surface area (Å²) in [5.41, 5.74) is 6.98. The standard InChI is InChI=1S/C14H23N3O/c1-11(15)12-5-7-16-13(9-12)17-8-4-6-14(2,10-17)18-3/h5,7,9,11H,4,6,8,10,15H2,1-3H3/t11-,14?/m0/s1. The lowest BCUT2D eigenvalue weighted by atomic mass is 9.94. The fraction of sp³-hybridized carbons (Fsp3) is 0.643. The largest absolute Gasteiger partial charge is 0.377 e. The molecule has 0 spiro atoms. The molecule has 100 valence electrons. The Labute approximate surface area is 109 Å². The third kappa shape index (κ3) is 2.82. The Morgan fingerprint density at radius 1 is 1.56 bits per heavy atom. The quantitative estimate of drug-likeness (QED) is 0.891. The van der Waals surface area contributed by atoms with Gasteiger partial charge in [0, 0.05) is 32.4 Å². The van der Waals surface area contributed by atoms with E-state index in [1.165, 1.54) is 0 Å². The van der Waals surface area contributed by atoms with E-state index >= 15 is 0 Å². The Balaban J connectivity index is 2.18. The average Bonchev–Trinajstić information content (AvgIpc) is 2.39. The highest BCUT2D eigenvalue weighted by Crippen LogP contribution is 2.27. The Morgan fingerprint density at radius 2 is 2.33 bits per heavy atom. The molecule has 4 heteroatoms. The summed E-state index contributed by atoms with van der Waals surface area (Å²) in [6, 6.07) is 4.12. The van der Waals surface area contributed by atoms with Gasteiger partial charge in [0.1, 0.15) is 5.82 Å². The fourth-order valence-corrected chi connectivity index (χ4v) is 2.46. The van der Waals surface area contributed by atoms with Gasteiger partial charge in [-0.3, -0.25) is 0 Å². The van der Waals surface area contributed by atoms with Crippen LogP contribution in [0.15, 0.2) is 18.3 Å². The Morgan fingerprint density at radius 3 is 3.00 bits per heavy atom. The minimum Gasteiger partial charge on any atom is -0.377 e. The number of ether oxygens (including phenoxy) is 1. The van der Waals surface area contributed by atoms with E-state index in [9.17, 15) is 0 Å². The highest BCUT2D eigenvalue weighted by Gasteiger charge is 2.31. The second-order valence-corrected chi connectivity index (χ2v) is 5.42. The topological polar surface area (TPSA) is 51.4 Å². The van der Waals surface area contributed by atoms with Gasteiger partial charge in [0.05, 0.1) is 5.60 Å². The van der Waals surface area contributed by atoms with Crippen LogP contribution in [-0.4, -0.2) is 30.8 Å². The van der Waals surface area contributed by atoms with Gasteiger partial charge in [-0.1, -0.05) is 0 Å². The maximum atomic E-state index is 5.92. The number of pyridine rings is 1. The molecule has 0 amide bonds. The van der Waals surface area contributed by atoms with Crippen LogP contribution in [0.1, 0.15) is 38.3 Å². The molecule has 1 aromatic rings. The minimum absolute atomic E-state index is 0.0466. The van der Waals surface area contributed by atoms with Gasteiger partial charge in [-0.2, -0.15) is 0 Å². The second kappa shape index (κ2) is 5.24. The van der Waals surface area contributed by atoms with E-state index in [4.69, 9.17) is 10.5 Å². The summed E-state index contributed by atoms with van der Waals surface area (Å²) in [5.74, 6) is 1.01. The highest BCUT2D eigenvalue weighted by atomic mass is 16.5. The van der Waals surface area contributed by atoms with Crippen molar-refractivity contribution in [3.8, 4) is 0 Å². The van der Waals surface area contributed by atoms with Crippen molar-refractivity contribution in [2.75, 3.05) is 25.1 Å². The molecule has 0 aliphatic carbocycles. The molecule has 1 aromatic heterocycles. The molecule has 2 atom stereocenters. The van der Waals surface area contributed by atoms with Gasteiger partial charge in [-0.05, 0) is 44.4 Å². The lowest BCUT2D eigenvalue weighted by molar-refractivity contribution is -0.00481. The number of piperidine rings is 1. The number of hydrogen-bond acceptors (Lipinski definition) is 4. The molecule has 18 heavy (non-hydrogen) atoms. The van der Waals surface area contributed by atoms with Gasteiger partial charge in [-0.25, -0.2) is 4.98 Å². The number of anilines is 1. The van der Waals surface area contributed by atoms with Crippen molar-refractivity contribution in [2.45, 2.75) is 38.3 Å². The molecule has 2 N–H and O–H groups in total.